The third kappa shape index (κ3) is 2.41. The molecule has 0 spiro atoms. The highest BCUT2D eigenvalue weighted by Gasteiger charge is 2.43. The zero-order valence-corrected chi connectivity index (χ0v) is 9.27. The summed E-state index contributed by atoms with van der Waals surface area (Å²) < 4.78 is 26.6. The van der Waals surface area contributed by atoms with E-state index >= 15 is 0 Å². The van der Waals surface area contributed by atoms with Gasteiger partial charge >= 0.3 is 5.69 Å². The Kier molecular flexibility index (Phi) is 2.82. The highest BCUT2D eigenvalue weighted by Crippen LogP contribution is 2.26. The van der Waals surface area contributed by atoms with Gasteiger partial charge in [0.1, 0.15) is 11.9 Å². The van der Waals surface area contributed by atoms with E-state index in [1.165, 1.54) is 10.9 Å². The van der Waals surface area contributed by atoms with Crippen molar-refractivity contribution in [3.8, 4) is 0 Å². The number of nitro groups is 1. The van der Waals surface area contributed by atoms with Crippen LogP contribution >= 0.6 is 0 Å². The van der Waals surface area contributed by atoms with E-state index in [1.807, 2.05) is 0 Å². The quantitative estimate of drug-likeness (QED) is 0.588. The first kappa shape index (κ1) is 11.9. The number of likely N-dealkylation sites (tertiary alicyclic amines) is 1. The molecule has 0 unspecified atom stereocenters. The molecule has 1 fully saturated rings. The molecule has 0 bridgehead atoms. The first-order chi connectivity index (χ1) is 7.89. The minimum atomic E-state index is -2.58. The van der Waals surface area contributed by atoms with Crippen LogP contribution < -0.4 is 0 Å². The van der Waals surface area contributed by atoms with Crippen molar-refractivity contribution in [3.05, 3.63) is 22.0 Å². The van der Waals surface area contributed by atoms with Gasteiger partial charge in [-0.3, -0.25) is 19.7 Å². The predicted octanol–water partition coefficient (Wildman–Crippen LogP) is 1.05. The molecule has 2 heterocycles. The lowest BCUT2D eigenvalue weighted by Gasteiger charge is -2.38. The number of rotatable bonds is 4. The highest BCUT2D eigenvalue weighted by molar-refractivity contribution is 5.31. The number of aromatic nitrogens is 2. The van der Waals surface area contributed by atoms with Crippen molar-refractivity contribution in [2.75, 3.05) is 19.6 Å². The zero-order chi connectivity index (χ0) is 12.6. The second-order valence-electron chi connectivity index (χ2n) is 4.16. The van der Waals surface area contributed by atoms with E-state index in [0.29, 0.717) is 18.8 Å². The molecule has 8 heteroatoms. The summed E-state index contributed by atoms with van der Waals surface area (Å²) in [5, 5.41) is 14.4. The van der Waals surface area contributed by atoms with Crippen molar-refractivity contribution in [2.45, 2.75) is 19.4 Å². The lowest BCUT2D eigenvalue weighted by Crippen LogP contribution is -2.56. The van der Waals surface area contributed by atoms with Gasteiger partial charge in [0.25, 0.3) is 5.92 Å². The number of hydrogen-bond acceptors (Lipinski definition) is 4. The Hall–Kier alpha value is -1.57. The van der Waals surface area contributed by atoms with Gasteiger partial charge < -0.3 is 0 Å². The summed E-state index contributed by atoms with van der Waals surface area (Å²) in [7, 11) is 0. The second-order valence-corrected chi connectivity index (χ2v) is 4.16. The monoisotopic (exact) mass is 246 g/mol. The molecule has 94 valence electrons. The fourth-order valence-electron chi connectivity index (χ4n) is 1.84. The van der Waals surface area contributed by atoms with Crippen LogP contribution in [-0.4, -0.2) is 45.2 Å². The first-order valence-corrected chi connectivity index (χ1v) is 5.16. The Bertz CT molecular complexity index is 438. The number of nitrogens with zero attached hydrogens (tertiary/aromatic N) is 4. The maximum absolute atomic E-state index is 12.5. The molecule has 1 saturated heterocycles. The number of halogens is 2. The van der Waals surface area contributed by atoms with Crippen molar-refractivity contribution in [2.24, 2.45) is 0 Å². The van der Waals surface area contributed by atoms with E-state index in [0.717, 1.165) is 0 Å². The van der Waals surface area contributed by atoms with Crippen LogP contribution in [0.1, 0.15) is 5.69 Å². The molecule has 1 aromatic heterocycles. The number of alkyl halides is 2. The molecule has 0 atom stereocenters. The maximum Gasteiger partial charge on any atom is 0.309 e. The molecular weight excluding hydrogens is 234 g/mol. The second kappa shape index (κ2) is 4.02. The van der Waals surface area contributed by atoms with Gasteiger partial charge in [-0.2, -0.15) is 5.10 Å². The third-order valence-electron chi connectivity index (χ3n) is 2.81. The lowest BCUT2D eigenvalue weighted by atomic mass is 10.1. The Morgan fingerprint density at radius 3 is 2.65 bits per heavy atom. The number of hydrogen-bond donors (Lipinski definition) is 0. The van der Waals surface area contributed by atoms with E-state index in [-0.39, 0.29) is 18.8 Å². The SMILES string of the molecule is Cc1c([N+](=O)[O-])cnn1CCN1CC(F)(F)C1. The normalized spacial score (nSPS) is 19.0. The van der Waals surface area contributed by atoms with Gasteiger partial charge in [0.15, 0.2) is 0 Å². The van der Waals surface area contributed by atoms with Gasteiger partial charge in [0.05, 0.1) is 24.6 Å². The van der Waals surface area contributed by atoms with Crippen molar-refractivity contribution in [1.29, 1.82) is 0 Å². The van der Waals surface area contributed by atoms with Crippen molar-refractivity contribution < 1.29 is 13.7 Å². The highest BCUT2D eigenvalue weighted by atomic mass is 19.3. The average Bonchev–Trinajstić information content (AvgIpc) is 2.53. The zero-order valence-electron chi connectivity index (χ0n) is 9.27. The molecule has 0 aliphatic carbocycles. The fraction of sp³-hybridized carbons (Fsp3) is 0.667. The van der Waals surface area contributed by atoms with Gasteiger partial charge in [-0.1, -0.05) is 0 Å². The molecule has 2 rings (SSSR count). The van der Waals surface area contributed by atoms with Gasteiger partial charge in [0.2, 0.25) is 0 Å². The minimum absolute atomic E-state index is 0.0426. The molecule has 1 aliphatic heterocycles. The average molecular weight is 246 g/mol. The van der Waals surface area contributed by atoms with Crippen LogP contribution in [0.15, 0.2) is 6.20 Å². The molecule has 1 aromatic rings. The summed E-state index contributed by atoms with van der Waals surface area (Å²) in [5.41, 5.74) is 0.404. The van der Waals surface area contributed by atoms with Crippen LogP contribution in [-0.2, 0) is 6.54 Å². The fourth-order valence-corrected chi connectivity index (χ4v) is 1.84. The van der Waals surface area contributed by atoms with E-state index in [4.69, 9.17) is 0 Å². The van der Waals surface area contributed by atoms with Crippen LogP contribution in [0.25, 0.3) is 0 Å². The topological polar surface area (TPSA) is 64.2 Å². The van der Waals surface area contributed by atoms with Crippen LogP contribution in [0.4, 0.5) is 14.5 Å². The molecule has 6 nitrogen and oxygen atoms in total. The molecule has 0 aromatic carbocycles. The Labute approximate surface area is 96.0 Å². The summed E-state index contributed by atoms with van der Waals surface area (Å²) >= 11 is 0. The minimum Gasteiger partial charge on any atom is -0.290 e. The predicted molar refractivity (Wildman–Crippen MR) is 55.0 cm³/mol. The molecule has 0 N–H and O–H groups in total. The molecular formula is C9H12F2N4O2. The van der Waals surface area contributed by atoms with Crippen LogP contribution in [0, 0.1) is 17.0 Å². The Balaban J connectivity index is 1.90. The van der Waals surface area contributed by atoms with E-state index in [2.05, 4.69) is 5.10 Å². The van der Waals surface area contributed by atoms with E-state index in [1.54, 1.807) is 11.8 Å². The lowest BCUT2D eigenvalue weighted by molar-refractivity contribution is -0.385. The molecule has 0 saturated carbocycles. The van der Waals surface area contributed by atoms with Gasteiger partial charge in [-0.15, -0.1) is 0 Å². The van der Waals surface area contributed by atoms with Gasteiger partial charge in [-0.25, -0.2) is 8.78 Å². The van der Waals surface area contributed by atoms with Crippen LogP contribution in [0.2, 0.25) is 0 Å². The van der Waals surface area contributed by atoms with Gasteiger partial charge in [0, 0.05) is 6.54 Å². The Morgan fingerprint density at radius 1 is 1.53 bits per heavy atom. The standard InChI is InChI=1S/C9H12F2N4O2/c1-7-8(15(16)17)4-12-14(7)3-2-13-5-9(10,11)6-13/h4H,2-3,5-6H2,1H3. The van der Waals surface area contributed by atoms with E-state index < -0.39 is 10.8 Å². The largest absolute Gasteiger partial charge is 0.309 e. The third-order valence-corrected chi connectivity index (χ3v) is 2.81. The van der Waals surface area contributed by atoms with Gasteiger partial charge in [-0.05, 0) is 6.92 Å². The summed E-state index contributed by atoms with van der Waals surface area (Å²) in [6, 6.07) is 0. The van der Waals surface area contributed by atoms with Crippen molar-refractivity contribution >= 4 is 5.69 Å². The summed E-state index contributed by atoms with van der Waals surface area (Å²) in [6.45, 7) is 1.92. The smallest absolute Gasteiger partial charge is 0.290 e. The maximum atomic E-state index is 12.5. The van der Waals surface area contributed by atoms with E-state index in [9.17, 15) is 18.9 Å². The van der Waals surface area contributed by atoms with Crippen LogP contribution in [0.3, 0.4) is 0 Å². The summed E-state index contributed by atoms with van der Waals surface area (Å²) in [4.78, 5) is 11.7. The van der Waals surface area contributed by atoms with Crippen LogP contribution in [0.5, 0.6) is 0 Å². The molecule has 1 aliphatic rings. The summed E-state index contributed by atoms with van der Waals surface area (Å²) in [6.07, 6.45) is 1.18. The summed E-state index contributed by atoms with van der Waals surface area (Å²) in [5.74, 6) is -2.58. The Morgan fingerprint density at radius 2 is 2.18 bits per heavy atom. The molecule has 0 amide bonds. The van der Waals surface area contributed by atoms with Crippen molar-refractivity contribution in [1.82, 2.24) is 14.7 Å². The van der Waals surface area contributed by atoms with Crippen molar-refractivity contribution in [3.63, 3.8) is 0 Å². The molecule has 17 heavy (non-hydrogen) atoms. The first-order valence-electron chi connectivity index (χ1n) is 5.16. The molecule has 0 radical (unpaired) electrons.